The van der Waals surface area contributed by atoms with Gasteiger partial charge >= 0.3 is 0 Å². The van der Waals surface area contributed by atoms with E-state index < -0.39 is 58.4 Å². The van der Waals surface area contributed by atoms with Crippen LogP contribution < -0.4 is 11.5 Å². The van der Waals surface area contributed by atoms with Crippen LogP contribution >= 0.6 is 11.6 Å². The van der Waals surface area contributed by atoms with E-state index in [-0.39, 0.29) is 36.5 Å². The summed E-state index contributed by atoms with van der Waals surface area (Å²) in [4.78, 5) is 27.0. The normalized spacial score (nSPS) is 13.0. The van der Waals surface area contributed by atoms with E-state index in [2.05, 4.69) is 4.99 Å². The van der Waals surface area contributed by atoms with E-state index in [1.807, 2.05) is 6.92 Å². The van der Waals surface area contributed by atoms with Gasteiger partial charge in [-0.15, -0.1) is 0 Å². The molecule has 1 amide bonds. The number of nitrogens with zero attached hydrogens (tertiary/aromatic N) is 1. The van der Waals surface area contributed by atoms with Crippen LogP contribution in [0, 0.1) is 0 Å². The van der Waals surface area contributed by atoms with Crippen molar-refractivity contribution in [1.82, 2.24) is 0 Å². The number of sulfone groups is 2. The van der Waals surface area contributed by atoms with Crippen LogP contribution in [0.5, 0.6) is 0 Å². The highest BCUT2D eigenvalue weighted by Crippen LogP contribution is 2.27. The van der Waals surface area contributed by atoms with Gasteiger partial charge in [0.15, 0.2) is 25.6 Å². The van der Waals surface area contributed by atoms with E-state index in [9.17, 15) is 34.8 Å². The molecule has 0 aromatic heterocycles. The second-order valence-corrected chi connectivity index (χ2v) is 16.3. The third kappa shape index (κ3) is 9.81. The van der Waals surface area contributed by atoms with Crippen LogP contribution in [-0.4, -0.2) is 66.4 Å². The maximum absolute atomic E-state index is 12.1. The van der Waals surface area contributed by atoms with Crippen molar-refractivity contribution in [3.05, 3.63) is 46.5 Å². The van der Waals surface area contributed by atoms with Gasteiger partial charge in [0.1, 0.15) is 0 Å². The maximum atomic E-state index is 12.1. The lowest BCUT2D eigenvalue weighted by Crippen LogP contribution is -2.24. The maximum Gasteiger partial charge on any atom is 0.280 e. The summed E-state index contributed by atoms with van der Waals surface area (Å²) in [5.74, 6) is -0.558. The number of carbonyl (C=O) groups is 2. The summed E-state index contributed by atoms with van der Waals surface area (Å²) in [6.07, 6.45) is 2.97. The minimum atomic E-state index is -3.65. The van der Waals surface area contributed by atoms with Crippen LogP contribution in [0.15, 0.2) is 48.8 Å². The molecule has 0 radical (unpaired) electrons. The Bertz CT molecular complexity index is 1630. The van der Waals surface area contributed by atoms with E-state index in [0.29, 0.717) is 29.7 Å². The Morgan fingerprint density at radius 3 is 1.41 bits per heavy atom. The van der Waals surface area contributed by atoms with E-state index in [1.165, 1.54) is 24.3 Å². The minimum Gasteiger partial charge on any atom is -0.370 e. The predicted molar refractivity (Wildman–Crippen MR) is 162 cm³/mol. The molecule has 0 heterocycles. The predicted octanol–water partition coefficient (Wildman–Crippen LogP) is 2.35. The lowest BCUT2D eigenvalue weighted by molar-refractivity contribution is 0.100. The molecule has 2 aromatic rings. The molecule has 0 fully saturated rings. The number of hydrogen-bond donors (Lipinski definition) is 2. The molecule has 0 aliphatic heterocycles. The first kappa shape index (κ1) is 36.6. The highest BCUT2D eigenvalue weighted by atomic mass is 35.5. The molecule has 16 heteroatoms. The van der Waals surface area contributed by atoms with Crippen molar-refractivity contribution in [2.75, 3.05) is 24.0 Å². The highest BCUT2D eigenvalue weighted by Gasteiger charge is 2.23. The van der Waals surface area contributed by atoms with Crippen molar-refractivity contribution in [1.29, 1.82) is 0 Å². The molecule has 41 heavy (non-hydrogen) atoms. The average Bonchev–Trinajstić information content (AvgIpc) is 2.89. The van der Waals surface area contributed by atoms with Crippen molar-refractivity contribution < 1.29 is 34.8 Å². The number of carbonyl (C=O) groups excluding carboxylic acids is 2. The van der Waals surface area contributed by atoms with Crippen LogP contribution in [0.25, 0.3) is 0 Å². The van der Waals surface area contributed by atoms with Gasteiger partial charge in [-0.25, -0.2) is 16.8 Å². The van der Waals surface area contributed by atoms with Gasteiger partial charge in [-0.1, -0.05) is 27.7 Å². The van der Waals surface area contributed by atoms with Gasteiger partial charge in [-0.05, 0) is 59.8 Å². The third-order valence-electron chi connectivity index (χ3n) is 5.59. The second kappa shape index (κ2) is 15.1. The summed E-state index contributed by atoms with van der Waals surface area (Å²) in [5.41, 5.74) is 11.8. The van der Waals surface area contributed by atoms with Crippen molar-refractivity contribution in [2.45, 2.75) is 60.1 Å². The van der Waals surface area contributed by atoms with E-state index in [0.717, 1.165) is 12.5 Å². The van der Waals surface area contributed by atoms with Crippen molar-refractivity contribution >= 4 is 70.0 Å². The van der Waals surface area contributed by atoms with Gasteiger partial charge in [0.2, 0.25) is 0 Å². The quantitative estimate of drug-likeness (QED) is 0.215. The lowest BCUT2D eigenvalue weighted by Gasteiger charge is -2.12. The fraction of sp³-hybridized carbons (Fsp3) is 0.400. The summed E-state index contributed by atoms with van der Waals surface area (Å²) in [6, 6.07) is 5.41. The smallest absolute Gasteiger partial charge is 0.280 e. The van der Waals surface area contributed by atoms with Crippen molar-refractivity contribution in [2.24, 2.45) is 16.5 Å². The summed E-state index contributed by atoms with van der Waals surface area (Å²) >= 11 is 5.47. The first-order valence-corrected chi connectivity index (χ1v) is 19.0. The molecule has 2 aromatic carbocycles. The molecule has 0 saturated heterocycles. The summed E-state index contributed by atoms with van der Waals surface area (Å²) in [7, 11) is -10.1. The summed E-state index contributed by atoms with van der Waals surface area (Å²) in [5, 5.41) is -0.712. The zero-order chi connectivity index (χ0) is 31.9. The second-order valence-electron chi connectivity index (χ2n) is 8.55. The summed E-state index contributed by atoms with van der Waals surface area (Å²) < 4.78 is 71.5. The Kier molecular flexibility index (Phi) is 13.5. The largest absolute Gasteiger partial charge is 0.370 e. The van der Waals surface area contributed by atoms with Gasteiger partial charge in [-0.2, -0.15) is 4.99 Å². The van der Waals surface area contributed by atoms with Gasteiger partial charge in [-0.3, -0.25) is 18.0 Å². The molecule has 4 N–H and O–H groups in total. The van der Waals surface area contributed by atoms with Crippen molar-refractivity contribution in [3.8, 4) is 0 Å². The minimum absolute atomic E-state index is 0.0890. The Balaban J connectivity index is 0.000000414. The number of rotatable bonds is 10. The Morgan fingerprint density at radius 1 is 0.756 bits per heavy atom. The number of benzene rings is 2. The zero-order valence-electron chi connectivity index (χ0n) is 23.5. The van der Waals surface area contributed by atoms with Crippen LogP contribution in [0.3, 0.4) is 0 Å². The molecular weight excluding hydrogens is 634 g/mol. The van der Waals surface area contributed by atoms with Crippen LogP contribution in [-0.2, 0) is 54.1 Å². The number of hydrogen-bond acceptors (Lipinski definition) is 8. The number of nitrogens with two attached hydrogens (primary N) is 2. The van der Waals surface area contributed by atoms with Crippen LogP contribution in [0.4, 0.5) is 0 Å². The van der Waals surface area contributed by atoms with E-state index in [4.69, 9.17) is 23.1 Å². The van der Waals surface area contributed by atoms with Crippen LogP contribution in [0.1, 0.15) is 59.5 Å². The molecule has 0 saturated carbocycles. The van der Waals surface area contributed by atoms with E-state index in [1.54, 1.807) is 20.8 Å². The molecular formula is C25H34ClN3O8S4. The van der Waals surface area contributed by atoms with Gasteiger partial charge < -0.3 is 11.5 Å². The Hall–Kier alpha value is -2.46. The van der Waals surface area contributed by atoms with E-state index >= 15 is 0 Å². The molecule has 2 unspecified atom stereocenters. The Labute approximate surface area is 250 Å². The number of aryl methyl sites for hydroxylation is 2. The van der Waals surface area contributed by atoms with Gasteiger partial charge in [0.25, 0.3) is 11.1 Å². The molecule has 2 rings (SSSR count). The first-order chi connectivity index (χ1) is 18.8. The monoisotopic (exact) mass is 667 g/mol. The zero-order valence-corrected chi connectivity index (χ0v) is 27.5. The Morgan fingerprint density at radius 2 is 1.12 bits per heavy atom. The van der Waals surface area contributed by atoms with Gasteiger partial charge in [0.05, 0.1) is 41.2 Å². The first-order valence-electron chi connectivity index (χ1n) is 12.2. The molecule has 11 nitrogen and oxygen atoms in total. The standard InChI is InChI=1S/C13H19N3O4S2.C12H15ClO4S2/c1-4-8-6-10(21(18)5-2)11(22(3,19)20)7-9(8)12(17)16-13(14)15;1-4-8-6-10(18(15)5-2)11(19(3,16)17)7-9(8)12(13)14/h6-7H,4-5H2,1-3H3,(H4,14,15,16,17);6-7H,4-5H2,1-3H3. The molecule has 228 valence electrons. The molecule has 0 spiro atoms. The van der Waals surface area contributed by atoms with Crippen LogP contribution in [0.2, 0.25) is 0 Å². The molecule has 0 aliphatic carbocycles. The number of aliphatic imine (C=N–C) groups is 1. The number of guanidine groups is 1. The lowest BCUT2D eigenvalue weighted by atomic mass is 10.0. The fourth-order valence-electron chi connectivity index (χ4n) is 3.60. The molecule has 0 aliphatic rings. The average molecular weight is 668 g/mol. The van der Waals surface area contributed by atoms with Gasteiger partial charge in [0, 0.05) is 35.1 Å². The highest BCUT2D eigenvalue weighted by molar-refractivity contribution is 7.92. The fourth-order valence-corrected chi connectivity index (χ4v) is 8.49. The topological polar surface area (TPSA) is 201 Å². The third-order valence-corrected chi connectivity index (χ3v) is 11.0. The number of amides is 1. The molecule has 0 bridgehead atoms. The summed E-state index contributed by atoms with van der Waals surface area (Å²) in [6.45, 7) is 7.00. The SMILES string of the molecule is CCc1cc(S(=O)CC)c(S(C)(=O)=O)cc1C(=O)Cl.CCc1cc(S(=O)CC)c(S(C)(=O)=O)cc1C(=O)N=C(N)N. The molecule has 2 atom stereocenters. The number of halogens is 1. The van der Waals surface area contributed by atoms with Crippen molar-refractivity contribution in [3.63, 3.8) is 0 Å².